The Hall–Kier alpha value is -2.56. The van der Waals surface area contributed by atoms with Crippen molar-refractivity contribution in [2.75, 3.05) is 21.2 Å². The third kappa shape index (κ3) is 3.03. The number of methoxy groups -OCH3 is 1. The normalized spacial score (nSPS) is 16.5. The number of carbonyl (C=O) groups is 2. The minimum atomic E-state index is -0.533. The minimum Gasteiger partial charge on any atom is -0.466 e. The van der Waals surface area contributed by atoms with Gasteiger partial charge in [-0.25, -0.2) is 4.79 Å². The van der Waals surface area contributed by atoms with Crippen molar-refractivity contribution in [3.63, 3.8) is 0 Å². The predicted molar refractivity (Wildman–Crippen MR) is 83.5 cm³/mol. The summed E-state index contributed by atoms with van der Waals surface area (Å²) in [5.41, 5.74) is 2.02. The zero-order valence-electron chi connectivity index (χ0n) is 13.3. The van der Waals surface area contributed by atoms with E-state index in [0.717, 1.165) is 11.4 Å². The van der Waals surface area contributed by atoms with E-state index < -0.39 is 5.97 Å². The summed E-state index contributed by atoms with van der Waals surface area (Å²) in [6, 6.07) is 9.81. The summed E-state index contributed by atoms with van der Waals surface area (Å²) in [6.45, 7) is 2.29. The van der Waals surface area contributed by atoms with E-state index in [1.807, 2.05) is 54.2 Å². The Morgan fingerprint density at radius 3 is 2.45 bits per heavy atom. The number of ketones is 1. The predicted octanol–water partition coefficient (Wildman–Crippen LogP) is 1.92. The van der Waals surface area contributed by atoms with Crippen molar-refractivity contribution >= 4 is 11.8 Å². The molecule has 1 aromatic carbocycles. The van der Waals surface area contributed by atoms with Crippen LogP contribution >= 0.6 is 0 Å². The molecule has 1 aromatic rings. The molecule has 0 bridgehead atoms. The summed E-state index contributed by atoms with van der Waals surface area (Å²) in [5, 5.41) is 0. The first-order chi connectivity index (χ1) is 10.5. The number of rotatable bonds is 4. The molecule has 0 N–H and O–H groups in total. The molecule has 22 heavy (non-hydrogen) atoms. The molecule has 0 aromatic heterocycles. The van der Waals surface area contributed by atoms with Crippen molar-refractivity contribution in [3.05, 3.63) is 59.1 Å². The maximum absolute atomic E-state index is 12.5. The summed E-state index contributed by atoms with van der Waals surface area (Å²) < 4.78 is 4.66. The molecule has 1 heterocycles. The fraction of sp³-hybridized carbons (Fsp3) is 0.294. The molecule has 0 atom stereocenters. The Balaban J connectivity index is 2.44. The molecule has 0 saturated carbocycles. The van der Waals surface area contributed by atoms with Gasteiger partial charge in [0, 0.05) is 26.2 Å². The van der Waals surface area contributed by atoms with Crippen LogP contribution in [0.25, 0.3) is 0 Å². The van der Waals surface area contributed by atoms with Gasteiger partial charge in [0.15, 0.2) is 0 Å². The molecule has 5 nitrogen and oxygen atoms in total. The molecule has 1 aliphatic heterocycles. The molecule has 0 spiro atoms. The van der Waals surface area contributed by atoms with E-state index in [0.29, 0.717) is 17.8 Å². The number of benzene rings is 1. The number of carbonyl (C=O) groups excluding carboxylic acids is 2. The fourth-order valence-electron chi connectivity index (χ4n) is 2.55. The van der Waals surface area contributed by atoms with E-state index in [9.17, 15) is 9.59 Å². The van der Waals surface area contributed by atoms with Gasteiger partial charge >= 0.3 is 5.97 Å². The van der Waals surface area contributed by atoms with E-state index in [2.05, 4.69) is 4.74 Å². The zero-order valence-corrected chi connectivity index (χ0v) is 13.3. The van der Waals surface area contributed by atoms with Gasteiger partial charge in [-0.05, 0) is 12.5 Å². The van der Waals surface area contributed by atoms with E-state index in [1.165, 1.54) is 13.2 Å². The van der Waals surface area contributed by atoms with Crippen LogP contribution in [-0.4, -0.2) is 42.8 Å². The van der Waals surface area contributed by atoms with Crippen molar-refractivity contribution in [1.29, 1.82) is 0 Å². The molecule has 0 aliphatic carbocycles. The highest BCUT2D eigenvalue weighted by atomic mass is 16.5. The smallest absolute Gasteiger partial charge is 0.332 e. The molecule has 1 aliphatic rings. The molecule has 0 saturated heterocycles. The Labute approximate surface area is 130 Å². The highest BCUT2D eigenvalue weighted by Gasteiger charge is 2.34. The van der Waals surface area contributed by atoms with E-state index >= 15 is 0 Å². The van der Waals surface area contributed by atoms with Crippen LogP contribution in [0.2, 0.25) is 0 Å². The molecular weight excluding hydrogens is 280 g/mol. The molecule has 2 rings (SSSR count). The van der Waals surface area contributed by atoms with Crippen molar-refractivity contribution in [2.45, 2.75) is 13.5 Å². The number of ether oxygens (including phenoxy) is 1. The van der Waals surface area contributed by atoms with Gasteiger partial charge in [-0.1, -0.05) is 30.3 Å². The van der Waals surface area contributed by atoms with Gasteiger partial charge in [-0.3, -0.25) is 4.79 Å². The average molecular weight is 300 g/mol. The topological polar surface area (TPSA) is 49.9 Å². The quantitative estimate of drug-likeness (QED) is 0.628. The lowest BCUT2D eigenvalue weighted by Gasteiger charge is -2.28. The van der Waals surface area contributed by atoms with Crippen LogP contribution in [0.15, 0.2) is 53.5 Å². The van der Waals surface area contributed by atoms with Gasteiger partial charge in [0.2, 0.25) is 5.78 Å². The lowest BCUT2D eigenvalue weighted by atomic mass is 10.2. The second-order valence-electron chi connectivity index (χ2n) is 5.30. The van der Waals surface area contributed by atoms with Gasteiger partial charge in [0.25, 0.3) is 0 Å². The Bertz CT molecular complexity index is 645. The van der Waals surface area contributed by atoms with E-state index in [4.69, 9.17) is 0 Å². The van der Waals surface area contributed by atoms with Gasteiger partial charge in [0.1, 0.15) is 5.82 Å². The number of Topliss-reactive ketones (excluding diaryl/α,β-unsaturated/α-hetero) is 1. The van der Waals surface area contributed by atoms with Crippen molar-refractivity contribution in [3.8, 4) is 0 Å². The van der Waals surface area contributed by atoms with Gasteiger partial charge in [0.05, 0.1) is 18.9 Å². The van der Waals surface area contributed by atoms with Crippen LogP contribution in [0.1, 0.15) is 12.5 Å². The Morgan fingerprint density at radius 1 is 1.27 bits per heavy atom. The molecule has 0 unspecified atom stereocenters. The highest BCUT2D eigenvalue weighted by Crippen LogP contribution is 2.31. The fourth-order valence-corrected chi connectivity index (χ4v) is 2.55. The summed E-state index contributed by atoms with van der Waals surface area (Å²) in [6.07, 6.45) is 1.26. The van der Waals surface area contributed by atoms with Crippen molar-refractivity contribution in [1.82, 2.24) is 9.80 Å². The van der Waals surface area contributed by atoms with Crippen LogP contribution in [0.5, 0.6) is 0 Å². The summed E-state index contributed by atoms with van der Waals surface area (Å²) in [5.74, 6) is 0.114. The van der Waals surface area contributed by atoms with Crippen molar-refractivity contribution in [2.24, 2.45) is 0 Å². The lowest BCUT2D eigenvalue weighted by Crippen LogP contribution is -2.28. The third-order valence-corrected chi connectivity index (χ3v) is 3.52. The third-order valence-electron chi connectivity index (χ3n) is 3.52. The molecular formula is C17H20N2O3. The minimum absolute atomic E-state index is 0.148. The summed E-state index contributed by atoms with van der Waals surface area (Å²) >= 11 is 0. The largest absolute Gasteiger partial charge is 0.466 e. The summed E-state index contributed by atoms with van der Waals surface area (Å²) in [7, 11) is 5.06. The van der Waals surface area contributed by atoms with Crippen LogP contribution in [0, 0.1) is 0 Å². The zero-order chi connectivity index (χ0) is 16.3. The van der Waals surface area contributed by atoms with Gasteiger partial charge < -0.3 is 14.5 Å². The number of allylic oxidation sites excluding steroid dienone is 1. The summed E-state index contributed by atoms with van der Waals surface area (Å²) in [4.78, 5) is 27.8. The van der Waals surface area contributed by atoms with Crippen molar-refractivity contribution < 1.29 is 14.3 Å². The molecule has 0 amide bonds. The van der Waals surface area contributed by atoms with Gasteiger partial charge in [-0.2, -0.15) is 0 Å². The highest BCUT2D eigenvalue weighted by molar-refractivity contribution is 6.12. The number of hydrogen-bond acceptors (Lipinski definition) is 5. The Kier molecular flexibility index (Phi) is 4.65. The standard InChI is InChI=1S/C17H20N2O3/c1-12-16(21)14(10-15(20)22-4)19(17(12)18(2)3)11-13-8-6-5-7-9-13/h5-10H,11H2,1-4H3/b14-10-. The van der Waals surface area contributed by atoms with E-state index in [-0.39, 0.29) is 5.78 Å². The van der Waals surface area contributed by atoms with E-state index in [1.54, 1.807) is 6.92 Å². The van der Waals surface area contributed by atoms with Crippen LogP contribution < -0.4 is 0 Å². The van der Waals surface area contributed by atoms with Gasteiger partial charge in [-0.15, -0.1) is 0 Å². The number of nitrogens with zero attached hydrogens (tertiary/aromatic N) is 2. The number of hydrogen-bond donors (Lipinski definition) is 0. The maximum Gasteiger partial charge on any atom is 0.332 e. The first kappa shape index (κ1) is 15.8. The van der Waals surface area contributed by atoms with Crippen LogP contribution in [0.3, 0.4) is 0 Å². The average Bonchev–Trinajstić information content (AvgIpc) is 2.73. The molecule has 5 heteroatoms. The first-order valence-corrected chi connectivity index (χ1v) is 6.99. The Morgan fingerprint density at radius 2 is 1.91 bits per heavy atom. The second-order valence-corrected chi connectivity index (χ2v) is 5.30. The number of esters is 1. The molecule has 0 radical (unpaired) electrons. The molecule has 116 valence electrons. The van der Waals surface area contributed by atoms with Crippen LogP contribution in [0.4, 0.5) is 0 Å². The van der Waals surface area contributed by atoms with Crippen LogP contribution in [-0.2, 0) is 20.9 Å². The molecule has 0 fully saturated rings. The first-order valence-electron chi connectivity index (χ1n) is 6.99. The maximum atomic E-state index is 12.5. The monoisotopic (exact) mass is 300 g/mol. The lowest BCUT2D eigenvalue weighted by molar-refractivity contribution is -0.135. The SMILES string of the molecule is COC(=O)/C=C1/C(=O)C(C)=C(N(C)C)N1Cc1ccccc1. The second kappa shape index (κ2) is 6.47.